The zero-order chi connectivity index (χ0) is 22.7. The first-order valence-electron chi connectivity index (χ1n) is 10.1. The molecule has 3 aromatic rings. The number of para-hydroxylation sites is 2. The van der Waals surface area contributed by atoms with E-state index < -0.39 is 6.04 Å². The minimum Gasteiger partial charge on any atom is -0.497 e. The van der Waals surface area contributed by atoms with Crippen molar-refractivity contribution in [3.05, 3.63) is 59.3 Å². The van der Waals surface area contributed by atoms with Gasteiger partial charge in [0.1, 0.15) is 23.3 Å². The highest BCUT2D eigenvalue weighted by Crippen LogP contribution is 2.40. The minimum atomic E-state index is -0.648. The number of anilines is 2. The largest absolute Gasteiger partial charge is 0.497 e. The third-order valence-corrected chi connectivity index (χ3v) is 5.13. The number of allylic oxidation sites excluding steroid dienone is 1. The average molecular weight is 436 g/mol. The Hall–Kier alpha value is -4.08. The molecule has 1 aromatic heterocycles. The fraction of sp³-hybridized carbons (Fsp3) is 0.273. The second kappa shape index (κ2) is 8.96. The van der Waals surface area contributed by atoms with Crippen molar-refractivity contribution >= 4 is 17.5 Å². The summed E-state index contributed by atoms with van der Waals surface area (Å²) in [7, 11) is 3.15. The fourth-order valence-corrected chi connectivity index (χ4v) is 3.69. The Morgan fingerprint density at radius 2 is 1.97 bits per heavy atom. The van der Waals surface area contributed by atoms with Gasteiger partial charge in [-0.3, -0.25) is 4.79 Å². The summed E-state index contributed by atoms with van der Waals surface area (Å²) in [6.07, 6.45) is 0. The van der Waals surface area contributed by atoms with Crippen molar-refractivity contribution in [3.63, 3.8) is 0 Å². The normalized spacial score (nSPS) is 14.9. The van der Waals surface area contributed by atoms with E-state index in [0.717, 1.165) is 0 Å². The fourth-order valence-electron chi connectivity index (χ4n) is 3.69. The molecule has 0 bridgehead atoms. The molecule has 10 heteroatoms. The van der Waals surface area contributed by atoms with Gasteiger partial charge in [0.25, 0.3) is 5.91 Å². The van der Waals surface area contributed by atoms with Gasteiger partial charge in [-0.2, -0.15) is 4.68 Å². The van der Waals surface area contributed by atoms with Crippen LogP contribution in [0.15, 0.2) is 53.7 Å². The number of methoxy groups -OCH3 is 2. The van der Waals surface area contributed by atoms with Gasteiger partial charge < -0.3 is 24.8 Å². The Morgan fingerprint density at radius 3 is 2.72 bits per heavy atom. The first-order valence-corrected chi connectivity index (χ1v) is 10.1. The summed E-state index contributed by atoms with van der Waals surface area (Å²) in [6, 6.07) is 12.0. The molecular formula is C22H24N6O4. The quantitative estimate of drug-likeness (QED) is 0.581. The SMILES string of the molecule is CCOc1ccccc1NC(=O)C1=C(C)Nc2nnnn2C1c1cc(OC)ccc1OC. The van der Waals surface area contributed by atoms with Gasteiger partial charge in [0, 0.05) is 11.3 Å². The predicted octanol–water partition coefficient (Wildman–Crippen LogP) is 3.02. The van der Waals surface area contributed by atoms with E-state index in [1.165, 1.54) is 0 Å². The van der Waals surface area contributed by atoms with Crippen LogP contribution in [0.4, 0.5) is 11.6 Å². The Labute approximate surface area is 185 Å². The van der Waals surface area contributed by atoms with Crippen LogP contribution < -0.4 is 24.8 Å². The van der Waals surface area contributed by atoms with E-state index in [1.807, 2.05) is 31.2 Å². The zero-order valence-electron chi connectivity index (χ0n) is 18.2. The predicted molar refractivity (Wildman–Crippen MR) is 118 cm³/mol. The third kappa shape index (κ3) is 3.82. The molecule has 2 N–H and O–H groups in total. The van der Waals surface area contributed by atoms with Gasteiger partial charge in [0.15, 0.2) is 0 Å². The molecule has 10 nitrogen and oxygen atoms in total. The number of hydrogen-bond acceptors (Lipinski definition) is 8. The molecule has 0 aliphatic carbocycles. The first kappa shape index (κ1) is 21.2. The summed E-state index contributed by atoms with van der Waals surface area (Å²) in [4.78, 5) is 13.6. The number of carbonyl (C=O) groups is 1. The number of benzene rings is 2. The van der Waals surface area contributed by atoms with Crippen molar-refractivity contribution in [2.45, 2.75) is 19.9 Å². The van der Waals surface area contributed by atoms with E-state index in [2.05, 4.69) is 26.2 Å². The van der Waals surface area contributed by atoms with Crippen LogP contribution in [0.25, 0.3) is 0 Å². The van der Waals surface area contributed by atoms with E-state index in [0.29, 0.717) is 52.3 Å². The Balaban J connectivity index is 1.81. The lowest BCUT2D eigenvalue weighted by Crippen LogP contribution is -2.32. The summed E-state index contributed by atoms with van der Waals surface area (Å²) in [5.41, 5.74) is 2.30. The summed E-state index contributed by atoms with van der Waals surface area (Å²) in [5.74, 6) is 1.88. The summed E-state index contributed by atoms with van der Waals surface area (Å²) >= 11 is 0. The molecule has 2 heterocycles. The molecule has 1 atom stereocenters. The van der Waals surface area contributed by atoms with Gasteiger partial charge in [0.2, 0.25) is 5.95 Å². The molecule has 4 rings (SSSR count). The van der Waals surface area contributed by atoms with Gasteiger partial charge in [-0.1, -0.05) is 17.2 Å². The van der Waals surface area contributed by atoms with E-state index >= 15 is 0 Å². The van der Waals surface area contributed by atoms with Crippen LogP contribution in [-0.4, -0.2) is 46.9 Å². The van der Waals surface area contributed by atoms with Crippen molar-refractivity contribution < 1.29 is 19.0 Å². The second-order valence-electron chi connectivity index (χ2n) is 7.00. The van der Waals surface area contributed by atoms with E-state index in [9.17, 15) is 4.79 Å². The molecule has 166 valence electrons. The van der Waals surface area contributed by atoms with Crippen molar-refractivity contribution in [2.24, 2.45) is 0 Å². The lowest BCUT2D eigenvalue weighted by atomic mass is 9.94. The number of nitrogens with one attached hydrogen (secondary N) is 2. The zero-order valence-corrected chi connectivity index (χ0v) is 18.2. The van der Waals surface area contributed by atoms with Crippen molar-refractivity contribution in [3.8, 4) is 17.2 Å². The number of fused-ring (bicyclic) bond motifs is 1. The van der Waals surface area contributed by atoms with Crippen molar-refractivity contribution in [1.29, 1.82) is 0 Å². The summed E-state index contributed by atoms with van der Waals surface area (Å²) in [5, 5.41) is 18.0. The molecule has 2 aromatic carbocycles. The Bertz CT molecular complexity index is 1170. The molecular weight excluding hydrogens is 412 g/mol. The highest BCUT2D eigenvalue weighted by Gasteiger charge is 2.36. The van der Waals surface area contributed by atoms with Gasteiger partial charge in [0.05, 0.1) is 32.1 Å². The van der Waals surface area contributed by atoms with Crippen molar-refractivity contribution in [2.75, 3.05) is 31.5 Å². The first-order chi connectivity index (χ1) is 15.6. The third-order valence-electron chi connectivity index (χ3n) is 5.13. The Kier molecular flexibility index (Phi) is 5.93. The summed E-state index contributed by atoms with van der Waals surface area (Å²) in [6.45, 7) is 4.18. The highest BCUT2D eigenvalue weighted by atomic mass is 16.5. The molecule has 0 fully saturated rings. The van der Waals surface area contributed by atoms with Gasteiger partial charge in [-0.25, -0.2) is 0 Å². The maximum absolute atomic E-state index is 13.6. The van der Waals surface area contributed by atoms with Crippen LogP contribution in [0.5, 0.6) is 17.2 Å². The van der Waals surface area contributed by atoms with E-state index in [4.69, 9.17) is 14.2 Å². The molecule has 0 spiro atoms. The van der Waals surface area contributed by atoms with Crippen LogP contribution in [0.2, 0.25) is 0 Å². The van der Waals surface area contributed by atoms with Gasteiger partial charge in [-0.15, -0.1) is 0 Å². The number of rotatable bonds is 7. The van der Waals surface area contributed by atoms with Crippen LogP contribution in [-0.2, 0) is 4.79 Å². The number of amides is 1. The topological polar surface area (TPSA) is 112 Å². The Morgan fingerprint density at radius 1 is 1.16 bits per heavy atom. The highest BCUT2D eigenvalue weighted by molar-refractivity contribution is 6.06. The number of ether oxygens (including phenoxy) is 3. The molecule has 0 saturated carbocycles. The lowest BCUT2D eigenvalue weighted by molar-refractivity contribution is -0.113. The van der Waals surface area contributed by atoms with Gasteiger partial charge >= 0.3 is 0 Å². The lowest BCUT2D eigenvalue weighted by Gasteiger charge is -2.29. The monoisotopic (exact) mass is 436 g/mol. The molecule has 0 saturated heterocycles. The standard InChI is InChI=1S/C22H24N6O4/c1-5-32-18-9-7-6-8-16(18)24-21(29)19-13(2)23-22-25-26-27-28(22)20(19)15-12-14(30-3)10-11-17(15)31-4/h6-12,20H,5H2,1-4H3,(H,24,29)(H,23,25,27). The molecule has 1 amide bonds. The maximum atomic E-state index is 13.6. The number of nitrogens with zero attached hydrogens (tertiary/aromatic N) is 4. The molecule has 1 unspecified atom stereocenters. The number of carbonyl (C=O) groups excluding carboxylic acids is 1. The molecule has 1 aliphatic heterocycles. The minimum absolute atomic E-state index is 0.321. The van der Waals surface area contributed by atoms with Crippen LogP contribution in [0, 0.1) is 0 Å². The maximum Gasteiger partial charge on any atom is 0.255 e. The smallest absolute Gasteiger partial charge is 0.255 e. The van der Waals surface area contributed by atoms with Crippen LogP contribution in [0.3, 0.4) is 0 Å². The van der Waals surface area contributed by atoms with Gasteiger partial charge in [-0.05, 0) is 54.6 Å². The summed E-state index contributed by atoms with van der Waals surface area (Å²) < 4.78 is 18.2. The second-order valence-corrected chi connectivity index (χ2v) is 7.00. The van der Waals surface area contributed by atoms with Crippen LogP contribution >= 0.6 is 0 Å². The van der Waals surface area contributed by atoms with Crippen molar-refractivity contribution in [1.82, 2.24) is 20.2 Å². The molecule has 1 aliphatic rings. The van der Waals surface area contributed by atoms with E-state index in [1.54, 1.807) is 44.0 Å². The van der Waals surface area contributed by atoms with E-state index in [-0.39, 0.29) is 5.91 Å². The number of tetrazole rings is 1. The molecule has 0 radical (unpaired) electrons. The average Bonchev–Trinajstić information content (AvgIpc) is 3.27. The number of aromatic nitrogens is 4. The number of hydrogen-bond donors (Lipinski definition) is 2. The van der Waals surface area contributed by atoms with Crippen LogP contribution in [0.1, 0.15) is 25.5 Å². The molecule has 32 heavy (non-hydrogen) atoms.